The molecule has 2 amide bonds. The maximum atomic E-state index is 13.6. The topological polar surface area (TPSA) is 59.1 Å². The molecule has 0 saturated carbocycles. The quantitative estimate of drug-likeness (QED) is 0.396. The molecule has 2 heterocycles. The Labute approximate surface area is 229 Å². The number of rotatable bonds is 7. The highest BCUT2D eigenvalue weighted by Crippen LogP contribution is 2.38. The third-order valence-electron chi connectivity index (χ3n) is 7.80. The molecule has 0 radical (unpaired) electrons. The Hall–Kier alpha value is -3.51. The van der Waals surface area contributed by atoms with Gasteiger partial charge in [0, 0.05) is 43.0 Å². The first-order chi connectivity index (χ1) is 18.5. The lowest BCUT2D eigenvalue weighted by atomic mass is 9.75. The van der Waals surface area contributed by atoms with Gasteiger partial charge in [-0.3, -0.25) is 9.59 Å². The van der Waals surface area contributed by atoms with Crippen molar-refractivity contribution in [2.45, 2.75) is 32.2 Å². The van der Waals surface area contributed by atoms with E-state index in [1.54, 1.807) is 25.3 Å². The Kier molecular flexibility index (Phi) is 7.89. The second kappa shape index (κ2) is 11.5. The third-order valence-corrected chi connectivity index (χ3v) is 8.03. The SMILES string of the molecule is COc1ccccc1C(=O)N1CCC(COc2cccc(Cl)c2)(CC(=O)N2CCc3ccccc3C2)CC1. The average molecular weight is 533 g/mol. The molecule has 1 fully saturated rings. The first-order valence-corrected chi connectivity index (χ1v) is 13.5. The molecule has 0 atom stereocenters. The van der Waals surface area contributed by atoms with E-state index in [0.717, 1.165) is 13.0 Å². The number of piperidine rings is 1. The number of carbonyl (C=O) groups excluding carboxylic acids is 2. The summed E-state index contributed by atoms with van der Waals surface area (Å²) >= 11 is 6.17. The molecule has 0 aromatic heterocycles. The van der Waals surface area contributed by atoms with Crippen molar-refractivity contribution in [3.63, 3.8) is 0 Å². The van der Waals surface area contributed by atoms with E-state index in [-0.39, 0.29) is 17.2 Å². The van der Waals surface area contributed by atoms with Crippen LogP contribution in [0.2, 0.25) is 5.02 Å². The first-order valence-electron chi connectivity index (χ1n) is 13.1. The maximum Gasteiger partial charge on any atom is 0.257 e. The molecule has 3 aromatic rings. The third kappa shape index (κ3) is 5.81. The second-order valence-corrected chi connectivity index (χ2v) is 10.7. The van der Waals surface area contributed by atoms with Crippen molar-refractivity contribution in [2.24, 2.45) is 5.41 Å². The minimum Gasteiger partial charge on any atom is -0.496 e. The Morgan fingerprint density at radius 1 is 0.895 bits per heavy atom. The van der Waals surface area contributed by atoms with Gasteiger partial charge in [-0.05, 0) is 60.7 Å². The van der Waals surface area contributed by atoms with E-state index in [9.17, 15) is 9.59 Å². The van der Waals surface area contributed by atoms with Gasteiger partial charge in [-0.25, -0.2) is 0 Å². The van der Waals surface area contributed by atoms with E-state index < -0.39 is 0 Å². The van der Waals surface area contributed by atoms with Gasteiger partial charge in [0.05, 0.1) is 19.3 Å². The van der Waals surface area contributed by atoms with Gasteiger partial charge in [0.1, 0.15) is 11.5 Å². The molecular weight excluding hydrogens is 500 g/mol. The molecule has 198 valence electrons. The van der Waals surface area contributed by atoms with Gasteiger partial charge in [0.2, 0.25) is 5.91 Å². The minimum atomic E-state index is -0.381. The number of amides is 2. The molecule has 6 nitrogen and oxygen atoms in total. The second-order valence-electron chi connectivity index (χ2n) is 10.2. The molecule has 0 unspecified atom stereocenters. The highest BCUT2D eigenvalue weighted by molar-refractivity contribution is 6.30. The van der Waals surface area contributed by atoms with Gasteiger partial charge >= 0.3 is 0 Å². The summed E-state index contributed by atoms with van der Waals surface area (Å²) in [6, 6.07) is 23.0. The summed E-state index contributed by atoms with van der Waals surface area (Å²) in [5.74, 6) is 1.34. The molecule has 0 spiro atoms. The summed E-state index contributed by atoms with van der Waals surface area (Å²) in [5, 5.41) is 0.608. The Morgan fingerprint density at radius 2 is 1.63 bits per heavy atom. The Balaban J connectivity index is 1.31. The summed E-state index contributed by atoms with van der Waals surface area (Å²) in [4.78, 5) is 30.8. The number of ether oxygens (including phenoxy) is 2. The van der Waals surface area contributed by atoms with E-state index in [4.69, 9.17) is 21.1 Å². The van der Waals surface area contributed by atoms with Crippen LogP contribution in [-0.4, -0.2) is 55.0 Å². The molecule has 2 aliphatic rings. The number of nitrogens with zero attached hydrogens (tertiary/aromatic N) is 2. The van der Waals surface area contributed by atoms with Gasteiger partial charge in [-0.2, -0.15) is 0 Å². The number of carbonyl (C=O) groups is 2. The van der Waals surface area contributed by atoms with Gasteiger partial charge in [0.15, 0.2) is 0 Å². The smallest absolute Gasteiger partial charge is 0.257 e. The fourth-order valence-electron chi connectivity index (χ4n) is 5.48. The summed E-state index contributed by atoms with van der Waals surface area (Å²) in [5.41, 5.74) is 2.71. The fourth-order valence-corrected chi connectivity index (χ4v) is 5.66. The van der Waals surface area contributed by atoms with Crippen molar-refractivity contribution in [3.05, 3.63) is 94.5 Å². The van der Waals surface area contributed by atoms with E-state index in [1.165, 1.54) is 11.1 Å². The number of halogens is 1. The van der Waals surface area contributed by atoms with Crippen LogP contribution in [0.3, 0.4) is 0 Å². The molecule has 0 aliphatic carbocycles. The van der Waals surface area contributed by atoms with Crippen LogP contribution in [-0.2, 0) is 17.8 Å². The zero-order valence-corrected chi connectivity index (χ0v) is 22.5. The highest BCUT2D eigenvalue weighted by atomic mass is 35.5. The average Bonchev–Trinajstić information content (AvgIpc) is 2.96. The molecule has 0 bridgehead atoms. The zero-order valence-electron chi connectivity index (χ0n) is 21.7. The zero-order chi connectivity index (χ0) is 26.5. The molecule has 5 rings (SSSR count). The van der Waals surface area contributed by atoms with Gasteiger partial charge < -0.3 is 19.3 Å². The number of fused-ring (bicyclic) bond motifs is 1. The number of methoxy groups -OCH3 is 1. The lowest BCUT2D eigenvalue weighted by molar-refractivity contribution is -0.136. The largest absolute Gasteiger partial charge is 0.496 e. The van der Waals surface area contributed by atoms with Crippen LogP contribution >= 0.6 is 11.6 Å². The van der Waals surface area contributed by atoms with Gasteiger partial charge in [-0.15, -0.1) is 0 Å². The van der Waals surface area contributed by atoms with Crippen LogP contribution in [0, 0.1) is 5.41 Å². The predicted molar refractivity (Wildman–Crippen MR) is 148 cm³/mol. The number of hydrogen-bond acceptors (Lipinski definition) is 4. The van der Waals surface area contributed by atoms with Gasteiger partial charge in [0.25, 0.3) is 5.91 Å². The summed E-state index contributed by atoms with van der Waals surface area (Å²) in [7, 11) is 1.57. The van der Waals surface area contributed by atoms with Crippen molar-refractivity contribution in [1.82, 2.24) is 9.80 Å². The van der Waals surface area contributed by atoms with E-state index in [1.807, 2.05) is 46.2 Å². The maximum absolute atomic E-state index is 13.6. The van der Waals surface area contributed by atoms with Crippen LogP contribution in [0.4, 0.5) is 0 Å². The molecule has 7 heteroatoms. The van der Waals surface area contributed by atoms with Crippen molar-refractivity contribution in [3.8, 4) is 11.5 Å². The molecule has 38 heavy (non-hydrogen) atoms. The number of para-hydroxylation sites is 1. The lowest BCUT2D eigenvalue weighted by Gasteiger charge is -2.42. The Bertz CT molecular complexity index is 1300. The number of hydrogen-bond donors (Lipinski definition) is 0. The summed E-state index contributed by atoms with van der Waals surface area (Å²) in [6.07, 6.45) is 2.59. The van der Waals surface area contributed by atoms with Crippen LogP contribution in [0.15, 0.2) is 72.8 Å². The van der Waals surface area contributed by atoms with E-state index >= 15 is 0 Å². The monoisotopic (exact) mass is 532 g/mol. The highest BCUT2D eigenvalue weighted by Gasteiger charge is 2.40. The van der Waals surface area contributed by atoms with Crippen molar-refractivity contribution < 1.29 is 19.1 Å². The molecular formula is C31H33ClN2O4. The van der Waals surface area contributed by atoms with Crippen molar-refractivity contribution in [2.75, 3.05) is 33.4 Å². The van der Waals surface area contributed by atoms with Crippen LogP contribution < -0.4 is 9.47 Å². The number of likely N-dealkylation sites (tertiary alicyclic amines) is 1. The minimum absolute atomic E-state index is 0.0502. The Morgan fingerprint density at radius 3 is 2.39 bits per heavy atom. The first kappa shape index (κ1) is 26.1. The van der Waals surface area contributed by atoms with Crippen LogP contribution in [0.25, 0.3) is 0 Å². The number of benzene rings is 3. The summed E-state index contributed by atoms with van der Waals surface area (Å²) < 4.78 is 11.6. The normalized spacial score (nSPS) is 16.5. The molecule has 3 aromatic carbocycles. The van der Waals surface area contributed by atoms with Crippen LogP contribution in [0.1, 0.15) is 40.7 Å². The van der Waals surface area contributed by atoms with Crippen molar-refractivity contribution in [1.29, 1.82) is 0 Å². The molecule has 0 N–H and O–H groups in total. The fraction of sp³-hybridized carbons (Fsp3) is 0.355. The van der Waals surface area contributed by atoms with Crippen molar-refractivity contribution >= 4 is 23.4 Å². The predicted octanol–water partition coefficient (Wildman–Crippen LogP) is 5.63. The lowest BCUT2D eigenvalue weighted by Crippen LogP contribution is -2.48. The van der Waals surface area contributed by atoms with E-state index in [0.29, 0.717) is 67.6 Å². The van der Waals surface area contributed by atoms with E-state index in [2.05, 4.69) is 18.2 Å². The standard InChI is InChI=1S/C31H33ClN2O4/c1-37-28-12-5-4-11-27(28)30(36)33-17-14-31(15-18-33,22-38-26-10-6-9-25(32)19-26)20-29(35)34-16-13-23-7-2-3-8-24(23)21-34/h2-12,19H,13-18,20-22H2,1H3. The molecule has 2 aliphatic heterocycles. The molecule has 1 saturated heterocycles. The van der Waals surface area contributed by atoms with Crippen LogP contribution in [0.5, 0.6) is 11.5 Å². The summed E-state index contributed by atoms with van der Waals surface area (Å²) in [6.45, 7) is 2.84. The van der Waals surface area contributed by atoms with Gasteiger partial charge in [-0.1, -0.05) is 54.1 Å².